The maximum atomic E-state index is 11.9. The fourth-order valence-electron chi connectivity index (χ4n) is 0.675. The van der Waals surface area contributed by atoms with Gasteiger partial charge in [0.05, 0.1) is 6.04 Å². The summed E-state index contributed by atoms with van der Waals surface area (Å²) in [4.78, 5) is 0. The number of nitrogens with two attached hydrogens (primary N) is 2. The van der Waals surface area contributed by atoms with E-state index in [1.54, 1.807) is 0 Å². The van der Waals surface area contributed by atoms with Crippen molar-refractivity contribution in [1.82, 2.24) is 0 Å². The Morgan fingerprint density at radius 2 is 2.09 bits per heavy atom. The first kappa shape index (κ1) is 10.5. The van der Waals surface area contributed by atoms with E-state index in [9.17, 15) is 8.78 Å². The Morgan fingerprint density at radius 3 is 2.36 bits per heavy atom. The average Bonchev–Trinajstić information content (AvgIpc) is 1.99. The molecule has 0 heterocycles. The van der Waals surface area contributed by atoms with E-state index in [0.717, 1.165) is 5.57 Å². The number of hydrogen-bond acceptors (Lipinski definition) is 2. The van der Waals surface area contributed by atoms with Gasteiger partial charge in [0.2, 0.25) is 0 Å². The summed E-state index contributed by atoms with van der Waals surface area (Å²) in [5.41, 5.74) is 11.1. The van der Waals surface area contributed by atoms with E-state index in [0.29, 0.717) is 13.0 Å². The van der Waals surface area contributed by atoms with Gasteiger partial charge in [-0.2, -0.15) is 0 Å². The van der Waals surface area contributed by atoms with Crippen LogP contribution >= 0.6 is 0 Å². The summed E-state index contributed by atoms with van der Waals surface area (Å²) >= 11 is 0. The Labute approximate surface area is 65.3 Å². The van der Waals surface area contributed by atoms with Crippen molar-refractivity contribution in [2.75, 3.05) is 6.54 Å². The molecule has 0 radical (unpaired) electrons. The molecule has 1 atom stereocenters. The van der Waals surface area contributed by atoms with Gasteiger partial charge in [0, 0.05) is 6.54 Å². The summed E-state index contributed by atoms with van der Waals surface area (Å²) in [6, 6.07) is -1.17. The van der Waals surface area contributed by atoms with Crippen molar-refractivity contribution >= 4 is 0 Å². The van der Waals surface area contributed by atoms with Crippen molar-refractivity contribution < 1.29 is 8.78 Å². The maximum absolute atomic E-state index is 11.9. The Hall–Kier alpha value is -0.480. The minimum absolute atomic E-state index is 0.302. The molecule has 4 heteroatoms. The highest BCUT2D eigenvalue weighted by Gasteiger charge is 2.11. The third-order valence-electron chi connectivity index (χ3n) is 1.44. The number of hydrogen-bond donors (Lipinski definition) is 2. The van der Waals surface area contributed by atoms with Crippen LogP contribution in [-0.2, 0) is 0 Å². The van der Waals surface area contributed by atoms with Gasteiger partial charge >= 0.3 is 0 Å². The van der Waals surface area contributed by atoms with Gasteiger partial charge < -0.3 is 11.5 Å². The molecule has 0 saturated carbocycles. The van der Waals surface area contributed by atoms with Gasteiger partial charge in [-0.1, -0.05) is 18.6 Å². The molecule has 11 heavy (non-hydrogen) atoms. The van der Waals surface area contributed by atoms with Crippen LogP contribution in [-0.4, -0.2) is 19.0 Å². The van der Waals surface area contributed by atoms with Crippen LogP contribution < -0.4 is 11.5 Å². The SMILES string of the molecule is CCC(=CC(N)C(F)F)CN. The molecule has 0 aromatic heterocycles. The molecule has 0 fully saturated rings. The number of halogens is 2. The minimum atomic E-state index is -2.50. The van der Waals surface area contributed by atoms with Crippen LogP contribution in [0.25, 0.3) is 0 Å². The zero-order valence-electron chi connectivity index (χ0n) is 6.56. The standard InChI is InChI=1S/C7H14F2N2/c1-2-5(4-10)3-6(11)7(8)9/h3,6-7H,2,4,10-11H2,1H3. The normalized spacial score (nSPS) is 15.6. The van der Waals surface area contributed by atoms with E-state index in [1.165, 1.54) is 6.08 Å². The molecule has 0 spiro atoms. The molecule has 66 valence electrons. The van der Waals surface area contributed by atoms with E-state index >= 15 is 0 Å². The summed E-state index contributed by atoms with van der Waals surface area (Å²) in [5.74, 6) is 0. The van der Waals surface area contributed by atoms with E-state index in [-0.39, 0.29) is 0 Å². The molecule has 0 saturated heterocycles. The maximum Gasteiger partial charge on any atom is 0.257 e. The molecular weight excluding hydrogens is 150 g/mol. The van der Waals surface area contributed by atoms with Gasteiger partial charge in [-0.3, -0.25) is 0 Å². The summed E-state index contributed by atoms with van der Waals surface area (Å²) in [7, 11) is 0. The second-order valence-corrected chi connectivity index (χ2v) is 2.29. The van der Waals surface area contributed by atoms with Gasteiger partial charge in [-0.05, 0) is 6.42 Å². The molecule has 0 rings (SSSR count). The van der Waals surface area contributed by atoms with Crippen LogP contribution in [0.5, 0.6) is 0 Å². The lowest BCUT2D eigenvalue weighted by Gasteiger charge is -2.07. The van der Waals surface area contributed by atoms with Gasteiger partial charge in [-0.25, -0.2) is 8.78 Å². The second kappa shape index (κ2) is 5.21. The molecule has 0 aromatic carbocycles. The molecular formula is C7H14F2N2. The van der Waals surface area contributed by atoms with Gasteiger partial charge in [0.15, 0.2) is 0 Å². The van der Waals surface area contributed by atoms with Crippen molar-refractivity contribution in [2.24, 2.45) is 11.5 Å². The first-order valence-electron chi connectivity index (χ1n) is 3.55. The predicted octanol–water partition coefficient (Wildman–Crippen LogP) is 0.874. The smallest absolute Gasteiger partial charge is 0.257 e. The molecule has 0 aliphatic heterocycles. The Kier molecular flexibility index (Phi) is 4.98. The first-order valence-corrected chi connectivity index (χ1v) is 3.55. The number of rotatable bonds is 4. The zero-order chi connectivity index (χ0) is 8.85. The summed E-state index contributed by atoms with van der Waals surface area (Å²) in [6.45, 7) is 2.16. The first-order chi connectivity index (χ1) is 5.11. The summed E-state index contributed by atoms with van der Waals surface area (Å²) < 4.78 is 23.7. The molecule has 0 aromatic rings. The van der Waals surface area contributed by atoms with Crippen molar-refractivity contribution in [1.29, 1.82) is 0 Å². The van der Waals surface area contributed by atoms with Gasteiger partial charge in [0.1, 0.15) is 0 Å². The van der Waals surface area contributed by atoms with Crippen molar-refractivity contribution in [2.45, 2.75) is 25.8 Å². The number of alkyl halides is 2. The Bertz CT molecular complexity index is 128. The van der Waals surface area contributed by atoms with Crippen LogP contribution in [0.2, 0.25) is 0 Å². The minimum Gasteiger partial charge on any atom is -0.327 e. The van der Waals surface area contributed by atoms with Crippen LogP contribution in [0.3, 0.4) is 0 Å². The highest BCUT2D eigenvalue weighted by Crippen LogP contribution is 2.04. The van der Waals surface area contributed by atoms with Crippen molar-refractivity contribution in [3.8, 4) is 0 Å². The molecule has 1 unspecified atom stereocenters. The molecule has 4 N–H and O–H groups in total. The van der Waals surface area contributed by atoms with Gasteiger partial charge in [-0.15, -0.1) is 0 Å². The third-order valence-corrected chi connectivity index (χ3v) is 1.44. The Morgan fingerprint density at radius 1 is 1.55 bits per heavy atom. The van der Waals surface area contributed by atoms with E-state index in [4.69, 9.17) is 11.5 Å². The van der Waals surface area contributed by atoms with Crippen LogP contribution in [0, 0.1) is 0 Å². The lowest BCUT2D eigenvalue weighted by molar-refractivity contribution is 0.133. The molecule has 0 bridgehead atoms. The highest BCUT2D eigenvalue weighted by molar-refractivity contribution is 5.07. The summed E-state index contributed by atoms with van der Waals surface area (Å²) in [5, 5.41) is 0. The second-order valence-electron chi connectivity index (χ2n) is 2.29. The van der Waals surface area contributed by atoms with Crippen LogP contribution in [0.4, 0.5) is 8.78 Å². The lowest BCUT2D eigenvalue weighted by atomic mass is 10.1. The predicted molar refractivity (Wildman–Crippen MR) is 41.4 cm³/mol. The Balaban J connectivity index is 4.03. The van der Waals surface area contributed by atoms with E-state index < -0.39 is 12.5 Å². The molecule has 0 amide bonds. The highest BCUT2D eigenvalue weighted by atomic mass is 19.3. The van der Waals surface area contributed by atoms with E-state index in [2.05, 4.69) is 0 Å². The van der Waals surface area contributed by atoms with Crippen LogP contribution in [0.15, 0.2) is 11.6 Å². The monoisotopic (exact) mass is 164 g/mol. The zero-order valence-corrected chi connectivity index (χ0v) is 6.56. The average molecular weight is 164 g/mol. The van der Waals surface area contributed by atoms with Crippen molar-refractivity contribution in [3.63, 3.8) is 0 Å². The summed E-state index contributed by atoms with van der Waals surface area (Å²) in [6.07, 6.45) is -0.482. The third kappa shape index (κ3) is 4.06. The van der Waals surface area contributed by atoms with Crippen LogP contribution in [0.1, 0.15) is 13.3 Å². The van der Waals surface area contributed by atoms with E-state index in [1.807, 2.05) is 6.92 Å². The molecule has 2 nitrogen and oxygen atoms in total. The molecule has 0 aliphatic carbocycles. The molecule has 0 aliphatic rings. The topological polar surface area (TPSA) is 52.0 Å². The quantitative estimate of drug-likeness (QED) is 0.606. The fraction of sp³-hybridized carbons (Fsp3) is 0.714. The lowest BCUT2D eigenvalue weighted by Crippen LogP contribution is -2.27. The fourth-order valence-corrected chi connectivity index (χ4v) is 0.675. The van der Waals surface area contributed by atoms with Crippen molar-refractivity contribution in [3.05, 3.63) is 11.6 Å². The largest absolute Gasteiger partial charge is 0.327 e. The van der Waals surface area contributed by atoms with Gasteiger partial charge in [0.25, 0.3) is 6.43 Å².